The van der Waals surface area contributed by atoms with Crippen LogP contribution < -0.4 is 4.90 Å². The van der Waals surface area contributed by atoms with E-state index in [9.17, 15) is 0 Å². The van der Waals surface area contributed by atoms with Crippen molar-refractivity contribution in [1.29, 1.82) is 0 Å². The number of nitrogens with zero attached hydrogens (tertiary/aromatic N) is 4. The number of furan rings is 1. The van der Waals surface area contributed by atoms with Crippen LogP contribution >= 0.6 is 0 Å². The molecule has 0 radical (unpaired) electrons. The second-order valence-electron chi connectivity index (χ2n) is 10.9. The fraction of sp³-hybridized carbons (Fsp3) is 0. The second kappa shape index (κ2) is 11.4. The SMILES string of the molecule is [Pt+2].[c-]1ccc2c(oc3ccccc32)c1-c1cccc(N(c2ccccc2)c2cccc(-n3c4[c-]cccc4c4ccccc43)n2)n1. The predicted octanol–water partition coefficient (Wildman–Crippen LogP) is 10.2. The van der Waals surface area contributed by atoms with Crippen molar-refractivity contribution in [3.05, 3.63) is 158 Å². The van der Waals surface area contributed by atoms with Gasteiger partial charge in [0, 0.05) is 16.6 Å². The Morgan fingerprint density at radius 1 is 0.565 bits per heavy atom. The Hall–Kier alpha value is -5.51. The third-order valence-corrected chi connectivity index (χ3v) is 8.24. The summed E-state index contributed by atoms with van der Waals surface area (Å²) in [5.41, 5.74) is 6.24. The molecule has 220 valence electrons. The minimum absolute atomic E-state index is 0. The molecule has 0 aliphatic heterocycles. The third-order valence-electron chi connectivity index (χ3n) is 8.24. The molecule has 0 amide bonds. The first-order valence-electron chi connectivity index (χ1n) is 14.9. The summed E-state index contributed by atoms with van der Waals surface area (Å²) in [6.07, 6.45) is 0. The monoisotopic (exact) mass is 771 g/mol. The molecule has 0 saturated carbocycles. The van der Waals surface area contributed by atoms with Crippen molar-refractivity contribution in [2.75, 3.05) is 4.90 Å². The Kier molecular flexibility index (Phi) is 6.97. The molecule has 0 aliphatic rings. The average Bonchev–Trinajstić information content (AvgIpc) is 3.65. The fourth-order valence-electron chi connectivity index (χ4n) is 6.27. The van der Waals surface area contributed by atoms with E-state index in [4.69, 9.17) is 14.4 Å². The van der Waals surface area contributed by atoms with Gasteiger partial charge in [-0.3, -0.25) is 9.88 Å². The molecule has 4 heterocycles. The van der Waals surface area contributed by atoms with Gasteiger partial charge >= 0.3 is 21.1 Å². The van der Waals surface area contributed by atoms with Crippen molar-refractivity contribution in [2.45, 2.75) is 0 Å². The summed E-state index contributed by atoms with van der Waals surface area (Å²) in [5, 5.41) is 4.43. The van der Waals surface area contributed by atoms with E-state index in [2.05, 4.69) is 70.1 Å². The van der Waals surface area contributed by atoms with Crippen LogP contribution in [0.5, 0.6) is 0 Å². The zero-order chi connectivity index (χ0) is 29.7. The van der Waals surface area contributed by atoms with Crippen LogP contribution in [0.4, 0.5) is 17.3 Å². The minimum atomic E-state index is 0. The molecule has 9 rings (SSSR count). The van der Waals surface area contributed by atoms with Crippen molar-refractivity contribution in [2.24, 2.45) is 0 Å². The summed E-state index contributed by atoms with van der Waals surface area (Å²) in [5.74, 6) is 2.29. The molecular weight excluding hydrogens is 748 g/mol. The first-order valence-corrected chi connectivity index (χ1v) is 14.9. The van der Waals surface area contributed by atoms with Crippen LogP contribution in [-0.2, 0) is 21.1 Å². The predicted molar refractivity (Wildman–Crippen MR) is 181 cm³/mol. The fourth-order valence-corrected chi connectivity index (χ4v) is 6.27. The second-order valence-corrected chi connectivity index (χ2v) is 10.9. The number of pyridine rings is 2. The molecule has 0 saturated heterocycles. The van der Waals surface area contributed by atoms with Gasteiger partial charge in [0.1, 0.15) is 23.0 Å². The van der Waals surface area contributed by atoms with Crippen LogP contribution in [0.15, 0.2) is 150 Å². The topological polar surface area (TPSA) is 47.1 Å². The summed E-state index contributed by atoms with van der Waals surface area (Å²) in [6.45, 7) is 0. The summed E-state index contributed by atoms with van der Waals surface area (Å²) < 4.78 is 8.51. The van der Waals surface area contributed by atoms with Gasteiger partial charge in [0.2, 0.25) is 0 Å². The largest absolute Gasteiger partial charge is 2.00 e. The van der Waals surface area contributed by atoms with Crippen molar-refractivity contribution >= 4 is 61.1 Å². The van der Waals surface area contributed by atoms with E-state index in [-0.39, 0.29) is 21.1 Å². The molecule has 0 bridgehead atoms. The van der Waals surface area contributed by atoms with Crippen molar-refractivity contribution in [3.63, 3.8) is 0 Å². The number of rotatable bonds is 5. The summed E-state index contributed by atoms with van der Waals surface area (Å²) in [6, 6.07) is 55.8. The molecule has 4 aromatic heterocycles. The first-order chi connectivity index (χ1) is 22.3. The molecule has 0 aliphatic carbocycles. The Balaban J connectivity index is 0.00000312. The van der Waals surface area contributed by atoms with Crippen LogP contribution in [0, 0.1) is 12.1 Å². The van der Waals surface area contributed by atoms with Gasteiger partial charge in [0.15, 0.2) is 0 Å². The Morgan fingerprint density at radius 2 is 1.30 bits per heavy atom. The molecule has 0 spiro atoms. The van der Waals surface area contributed by atoms with Crippen LogP contribution in [0.3, 0.4) is 0 Å². The maximum Gasteiger partial charge on any atom is 2.00 e. The number of benzene rings is 5. The molecule has 46 heavy (non-hydrogen) atoms. The van der Waals surface area contributed by atoms with Gasteiger partial charge in [-0.15, -0.1) is 23.6 Å². The zero-order valence-electron chi connectivity index (χ0n) is 24.4. The number of hydrogen-bond acceptors (Lipinski definition) is 4. The summed E-state index contributed by atoms with van der Waals surface area (Å²) in [7, 11) is 0. The molecule has 0 unspecified atom stereocenters. The average molecular weight is 772 g/mol. The third kappa shape index (κ3) is 4.51. The molecule has 5 nitrogen and oxygen atoms in total. The standard InChI is InChI=1S/C40H24N4O.Pt/c1-2-13-27(14-3-1)43(37-24-11-20-33(41-37)32-19-10-18-31-30-17-6-9-23-36(30)45-40(31)32)38-25-12-26-39(42-38)44-34-21-7-4-15-28(34)29-16-5-8-22-35(29)44;/h1-18,20-21,23-26H;/q-2;+2. The summed E-state index contributed by atoms with van der Waals surface area (Å²) in [4.78, 5) is 12.5. The number of para-hydroxylation sites is 4. The van der Waals surface area contributed by atoms with E-state index < -0.39 is 0 Å². The van der Waals surface area contributed by atoms with Gasteiger partial charge in [0.25, 0.3) is 0 Å². The Morgan fingerprint density at radius 3 is 2.20 bits per heavy atom. The molecule has 9 aromatic rings. The van der Waals surface area contributed by atoms with Gasteiger partial charge in [-0.05, 0) is 53.5 Å². The van der Waals surface area contributed by atoms with E-state index in [1.165, 1.54) is 5.39 Å². The van der Waals surface area contributed by atoms with Gasteiger partial charge in [-0.1, -0.05) is 89.3 Å². The zero-order valence-corrected chi connectivity index (χ0v) is 26.6. The number of hydrogen-bond donors (Lipinski definition) is 0. The van der Waals surface area contributed by atoms with Gasteiger partial charge < -0.3 is 8.98 Å². The van der Waals surface area contributed by atoms with Gasteiger partial charge in [0.05, 0.1) is 5.58 Å². The molecule has 0 atom stereocenters. The minimum Gasteiger partial charge on any atom is -0.501 e. The van der Waals surface area contributed by atoms with Crippen LogP contribution in [0.1, 0.15) is 0 Å². The number of aromatic nitrogens is 3. The van der Waals surface area contributed by atoms with Crippen molar-refractivity contribution in [3.8, 4) is 17.1 Å². The quantitative estimate of drug-likeness (QED) is 0.164. The van der Waals surface area contributed by atoms with Crippen molar-refractivity contribution < 1.29 is 25.5 Å². The van der Waals surface area contributed by atoms with Crippen LogP contribution in [0.25, 0.3) is 60.8 Å². The van der Waals surface area contributed by atoms with Crippen LogP contribution in [-0.4, -0.2) is 14.5 Å². The van der Waals surface area contributed by atoms with E-state index >= 15 is 0 Å². The Labute approximate surface area is 279 Å². The first kappa shape index (κ1) is 28.0. The van der Waals surface area contributed by atoms with Crippen molar-refractivity contribution in [1.82, 2.24) is 14.5 Å². The Bertz CT molecular complexity index is 2460. The summed E-state index contributed by atoms with van der Waals surface area (Å²) >= 11 is 0. The number of anilines is 3. The maximum absolute atomic E-state index is 6.33. The molecule has 5 aromatic carbocycles. The molecule has 0 fully saturated rings. The molecule has 0 N–H and O–H groups in total. The smallest absolute Gasteiger partial charge is 0.501 e. The van der Waals surface area contributed by atoms with E-state index in [0.717, 1.165) is 72.8 Å². The molecular formula is C40H24N4OPt. The number of fused-ring (bicyclic) bond motifs is 6. The van der Waals surface area contributed by atoms with E-state index in [1.54, 1.807) is 0 Å². The molecule has 6 heteroatoms. The van der Waals surface area contributed by atoms with Gasteiger partial charge in [-0.25, -0.2) is 4.98 Å². The van der Waals surface area contributed by atoms with E-state index in [0.29, 0.717) is 0 Å². The maximum atomic E-state index is 6.33. The normalized spacial score (nSPS) is 11.3. The van der Waals surface area contributed by atoms with Crippen LogP contribution in [0.2, 0.25) is 0 Å². The van der Waals surface area contributed by atoms with Gasteiger partial charge in [-0.2, -0.15) is 24.3 Å². The van der Waals surface area contributed by atoms with E-state index in [1.807, 2.05) is 97.1 Å².